The third kappa shape index (κ3) is 5.38. The maximum absolute atomic E-state index is 9.81. The molecule has 1 saturated heterocycles. The molecule has 2 N–H and O–H groups in total. The van der Waals surface area contributed by atoms with Crippen LogP contribution in [-0.2, 0) is 20.0 Å². The van der Waals surface area contributed by atoms with Crippen LogP contribution >= 0.6 is 35.3 Å². The van der Waals surface area contributed by atoms with Crippen LogP contribution in [0.5, 0.6) is 0 Å². The van der Waals surface area contributed by atoms with E-state index in [2.05, 4.69) is 37.9 Å². The number of hydrogen-bond acceptors (Lipinski definition) is 5. The van der Waals surface area contributed by atoms with Crippen LogP contribution < -0.4 is 5.32 Å². The molecule has 1 atom stereocenters. The Kier molecular flexibility index (Phi) is 7.63. The van der Waals surface area contributed by atoms with Gasteiger partial charge in [-0.05, 0) is 31.2 Å². The zero-order valence-electron chi connectivity index (χ0n) is 14.6. The molecule has 2 aromatic heterocycles. The molecule has 2 aromatic rings. The van der Waals surface area contributed by atoms with Gasteiger partial charge in [0.15, 0.2) is 11.8 Å². The topological polar surface area (TPSA) is 78.6 Å². The molecule has 9 heteroatoms. The first-order valence-corrected chi connectivity index (χ1v) is 9.10. The van der Waals surface area contributed by atoms with E-state index >= 15 is 0 Å². The van der Waals surface area contributed by atoms with Gasteiger partial charge < -0.3 is 19.9 Å². The van der Waals surface area contributed by atoms with Gasteiger partial charge >= 0.3 is 0 Å². The molecule has 0 unspecified atom stereocenters. The Hall–Kier alpha value is -1.20. The van der Waals surface area contributed by atoms with E-state index in [1.54, 1.807) is 11.3 Å². The molecule has 3 heterocycles. The predicted molar refractivity (Wildman–Crippen MR) is 111 cm³/mol. The van der Waals surface area contributed by atoms with Gasteiger partial charge in [-0.2, -0.15) is 0 Å². The number of rotatable bonds is 5. The second-order valence-electron chi connectivity index (χ2n) is 6.01. The van der Waals surface area contributed by atoms with Crippen molar-refractivity contribution in [2.24, 2.45) is 12.0 Å². The maximum Gasteiger partial charge on any atom is 0.194 e. The second kappa shape index (κ2) is 9.48. The lowest BCUT2D eigenvalue weighted by molar-refractivity contribution is 0.187. The standard InChI is InChI=1S/C16H24N6OS.HI/c1-12-19-20-15(21(12)2)10-18-16(22-8-6-13(23)11-22)17-7-5-14-4-3-9-24-14;/h3-4,9,13,23H,5-8,10-11H2,1-2H3,(H,17,18);1H/t13-;/m1./s1. The number of halogens is 1. The summed E-state index contributed by atoms with van der Waals surface area (Å²) in [6, 6.07) is 4.22. The van der Waals surface area contributed by atoms with Gasteiger partial charge in [0, 0.05) is 31.6 Å². The van der Waals surface area contributed by atoms with E-state index < -0.39 is 0 Å². The van der Waals surface area contributed by atoms with Gasteiger partial charge in [-0.3, -0.25) is 0 Å². The van der Waals surface area contributed by atoms with Gasteiger partial charge in [0.25, 0.3) is 0 Å². The van der Waals surface area contributed by atoms with E-state index in [0.29, 0.717) is 13.1 Å². The summed E-state index contributed by atoms with van der Waals surface area (Å²) in [6.07, 6.45) is 1.48. The molecule has 0 aromatic carbocycles. The van der Waals surface area contributed by atoms with Gasteiger partial charge in [-0.1, -0.05) is 6.07 Å². The molecule has 1 aliphatic rings. The predicted octanol–water partition coefficient (Wildman–Crippen LogP) is 1.56. The molecule has 0 amide bonds. The molecular formula is C16H25IN6OS. The van der Waals surface area contributed by atoms with Gasteiger partial charge in [0.1, 0.15) is 12.4 Å². The highest BCUT2D eigenvalue weighted by Crippen LogP contribution is 2.11. The van der Waals surface area contributed by atoms with Gasteiger partial charge in [-0.25, -0.2) is 4.99 Å². The van der Waals surface area contributed by atoms with E-state index in [0.717, 1.165) is 43.5 Å². The lowest BCUT2D eigenvalue weighted by Crippen LogP contribution is -2.41. The number of thiophene rings is 1. The Labute approximate surface area is 169 Å². The van der Waals surface area contributed by atoms with Crippen molar-refractivity contribution in [2.75, 3.05) is 19.6 Å². The molecule has 138 valence electrons. The van der Waals surface area contributed by atoms with Crippen molar-refractivity contribution in [1.82, 2.24) is 25.0 Å². The minimum Gasteiger partial charge on any atom is -0.391 e. The molecule has 3 rings (SSSR count). The summed E-state index contributed by atoms with van der Waals surface area (Å²) in [4.78, 5) is 8.17. The van der Waals surface area contributed by atoms with E-state index in [9.17, 15) is 5.11 Å². The van der Waals surface area contributed by atoms with Crippen LogP contribution in [0.4, 0.5) is 0 Å². The summed E-state index contributed by atoms with van der Waals surface area (Å²) in [5.74, 6) is 2.55. The van der Waals surface area contributed by atoms with Gasteiger partial charge in [0.05, 0.1) is 6.10 Å². The second-order valence-corrected chi connectivity index (χ2v) is 7.04. The molecule has 1 aliphatic heterocycles. The molecule has 25 heavy (non-hydrogen) atoms. The molecule has 0 saturated carbocycles. The zero-order valence-corrected chi connectivity index (χ0v) is 17.7. The highest BCUT2D eigenvalue weighted by molar-refractivity contribution is 14.0. The maximum atomic E-state index is 9.81. The largest absolute Gasteiger partial charge is 0.391 e. The highest BCUT2D eigenvalue weighted by Gasteiger charge is 2.23. The quantitative estimate of drug-likeness (QED) is 0.389. The first kappa shape index (κ1) is 20.1. The van der Waals surface area contributed by atoms with Crippen LogP contribution in [0, 0.1) is 6.92 Å². The lowest BCUT2D eigenvalue weighted by atomic mass is 10.3. The monoisotopic (exact) mass is 476 g/mol. The SMILES string of the molecule is Cc1nnc(CN=C(NCCc2cccs2)N2CC[C@@H](O)C2)n1C.I. The summed E-state index contributed by atoms with van der Waals surface area (Å²) in [7, 11) is 1.95. The molecule has 0 spiro atoms. The third-order valence-corrected chi connectivity index (χ3v) is 5.19. The number of hydrogen-bond donors (Lipinski definition) is 2. The average Bonchev–Trinajstić information content (AvgIpc) is 3.29. The van der Waals surface area contributed by atoms with Crippen molar-refractivity contribution in [3.05, 3.63) is 34.0 Å². The number of aryl methyl sites for hydroxylation is 1. The number of guanidine groups is 1. The number of likely N-dealkylation sites (tertiary alicyclic amines) is 1. The van der Waals surface area contributed by atoms with E-state index in [1.165, 1.54) is 4.88 Å². The number of aliphatic imine (C=N–C) groups is 1. The van der Waals surface area contributed by atoms with Gasteiger partial charge in [0.2, 0.25) is 0 Å². The Morgan fingerprint density at radius 3 is 2.92 bits per heavy atom. The summed E-state index contributed by atoms with van der Waals surface area (Å²) < 4.78 is 1.95. The van der Waals surface area contributed by atoms with Crippen molar-refractivity contribution < 1.29 is 5.11 Å². The first-order valence-electron chi connectivity index (χ1n) is 8.22. The minimum atomic E-state index is -0.272. The Balaban J connectivity index is 0.00000225. The van der Waals surface area contributed by atoms with Gasteiger partial charge in [-0.15, -0.1) is 45.5 Å². The van der Waals surface area contributed by atoms with Crippen LogP contribution in [0.3, 0.4) is 0 Å². The summed E-state index contributed by atoms with van der Waals surface area (Å²) >= 11 is 1.77. The molecule has 1 fully saturated rings. The summed E-state index contributed by atoms with van der Waals surface area (Å²) in [5.41, 5.74) is 0. The van der Waals surface area contributed by atoms with Crippen molar-refractivity contribution in [3.63, 3.8) is 0 Å². The number of nitrogens with zero attached hydrogens (tertiary/aromatic N) is 5. The normalized spacial score (nSPS) is 17.6. The number of aromatic nitrogens is 3. The lowest BCUT2D eigenvalue weighted by Gasteiger charge is -2.21. The average molecular weight is 476 g/mol. The zero-order chi connectivity index (χ0) is 16.9. The molecular weight excluding hydrogens is 451 g/mol. The number of nitrogens with one attached hydrogen (secondary N) is 1. The van der Waals surface area contributed by atoms with Crippen molar-refractivity contribution >= 4 is 41.3 Å². The molecule has 0 radical (unpaired) electrons. The fourth-order valence-corrected chi connectivity index (χ4v) is 3.40. The highest BCUT2D eigenvalue weighted by atomic mass is 127. The van der Waals surface area contributed by atoms with Crippen molar-refractivity contribution in [2.45, 2.75) is 32.4 Å². The number of β-amino-alcohol motifs (C(OH)–C–C–N with tert-alkyl or cyclic N) is 1. The molecule has 0 aliphatic carbocycles. The van der Waals surface area contributed by atoms with Crippen LogP contribution in [0.15, 0.2) is 22.5 Å². The van der Waals surface area contributed by atoms with Crippen molar-refractivity contribution in [3.8, 4) is 0 Å². The summed E-state index contributed by atoms with van der Waals surface area (Å²) in [5, 5.41) is 23.6. The fourth-order valence-electron chi connectivity index (χ4n) is 2.69. The van der Waals surface area contributed by atoms with Crippen LogP contribution in [0.2, 0.25) is 0 Å². The minimum absolute atomic E-state index is 0. The van der Waals surface area contributed by atoms with Crippen LogP contribution in [0.1, 0.15) is 22.9 Å². The fraction of sp³-hybridized carbons (Fsp3) is 0.562. The molecule has 7 nitrogen and oxygen atoms in total. The summed E-state index contributed by atoms with van der Waals surface area (Å²) in [6.45, 7) is 4.68. The Morgan fingerprint density at radius 1 is 1.48 bits per heavy atom. The van der Waals surface area contributed by atoms with E-state index in [4.69, 9.17) is 4.99 Å². The van der Waals surface area contributed by atoms with E-state index in [1.807, 2.05) is 18.5 Å². The molecule has 0 bridgehead atoms. The van der Waals surface area contributed by atoms with Crippen LogP contribution in [-0.4, -0.2) is 56.5 Å². The number of aliphatic hydroxyl groups is 1. The first-order chi connectivity index (χ1) is 11.6. The number of aliphatic hydroxyl groups excluding tert-OH is 1. The van der Waals surface area contributed by atoms with E-state index in [-0.39, 0.29) is 30.1 Å². The Bertz CT molecular complexity index is 687. The Morgan fingerprint density at radius 2 is 2.32 bits per heavy atom. The van der Waals surface area contributed by atoms with Crippen molar-refractivity contribution in [1.29, 1.82) is 0 Å². The third-order valence-electron chi connectivity index (χ3n) is 4.25. The smallest absolute Gasteiger partial charge is 0.194 e. The van der Waals surface area contributed by atoms with Crippen LogP contribution in [0.25, 0.3) is 0 Å².